The van der Waals surface area contributed by atoms with Crippen LogP contribution in [0, 0.1) is 13.8 Å². The maximum atomic E-state index is 14.7. The molecule has 0 spiro atoms. The molecule has 47 heavy (non-hydrogen) atoms. The van der Waals surface area contributed by atoms with Crippen LogP contribution in [0.3, 0.4) is 0 Å². The standard InChI is InChI=1S/C38H42ClN3O4S/c1-28-18-23-34(24-29(28)2)42(47(45,46)35-16-10-5-11-17-35)27-37(43)41(26-31-19-21-32(39)22-20-31)36(25-30-12-6-3-7-13-30)38(44)40-33-14-8-4-9-15-33/h3,5-7,10-13,16-24,33,36H,4,8-9,14-15,25-27H2,1-2H3,(H,40,44)/t36-/m1/s1. The summed E-state index contributed by atoms with van der Waals surface area (Å²) >= 11 is 6.19. The molecule has 1 atom stereocenters. The summed E-state index contributed by atoms with van der Waals surface area (Å²) < 4.78 is 29.6. The van der Waals surface area contributed by atoms with Gasteiger partial charge in [-0.1, -0.05) is 97.6 Å². The van der Waals surface area contributed by atoms with Crippen LogP contribution in [0.1, 0.15) is 54.4 Å². The van der Waals surface area contributed by atoms with E-state index in [2.05, 4.69) is 5.32 Å². The maximum Gasteiger partial charge on any atom is 0.264 e. The van der Waals surface area contributed by atoms with Crippen LogP contribution in [0.2, 0.25) is 5.02 Å². The molecule has 1 aliphatic rings. The zero-order valence-electron chi connectivity index (χ0n) is 26.9. The van der Waals surface area contributed by atoms with Crippen LogP contribution in [-0.2, 0) is 32.6 Å². The van der Waals surface area contributed by atoms with E-state index in [9.17, 15) is 18.0 Å². The lowest BCUT2D eigenvalue weighted by Crippen LogP contribution is -2.55. The lowest BCUT2D eigenvalue weighted by Gasteiger charge is -2.35. The van der Waals surface area contributed by atoms with Gasteiger partial charge in [0, 0.05) is 24.0 Å². The number of hydrogen-bond acceptors (Lipinski definition) is 4. The van der Waals surface area contributed by atoms with Gasteiger partial charge in [-0.3, -0.25) is 13.9 Å². The summed E-state index contributed by atoms with van der Waals surface area (Å²) in [5.41, 5.74) is 3.95. The van der Waals surface area contributed by atoms with E-state index in [0.717, 1.165) is 58.7 Å². The summed E-state index contributed by atoms with van der Waals surface area (Å²) in [7, 11) is -4.15. The molecule has 0 radical (unpaired) electrons. The summed E-state index contributed by atoms with van der Waals surface area (Å²) in [5, 5.41) is 3.79. The highest BCUT2D eigenvalue weighted by Crippen LogP contribution is 2.27. The lowest BCUT2D eigenvalue weighted by atomic mass is 9.94. The number of amides is 2. The van der Waals surface area contributed by atoms with Crippen molar-refractivity contribution in [3.8, 4) is 0 Å². The molecule has 0 heterocycles. The number of anilines is 1. The molecule has 1 aliphatic carbocycles. The second-order valence-electron chi connectivity index (χ2n) is 12.3. The lowest BCUT2D eigenvalue weighted by molar-refractivity contribution is -0.140. The molecule has 1 fully saturated rings. The van der Waals surface area contributed by atoms with E-state index >= 15 is 0 Å². The molecule has 2 amide bonds. The van der Waals surface area contributed by atoms with Crippen LogP contribution in [0.5, 0.6) is 0 Å². The number of benzene rings is 4. The quantitative estimate of drug-likeness (QED) is 0.172. The molecular formula is C38H42ClN3O4S. The Bertz CT molecular complexity index is 1760. The molecule has 5 rings (SSSR count). The van der Waals surface area contributed by atoms with Gasteiger partial charge < -0.3 is 10.2 Å². The van der Waals surface area contributed by atoms with E-state index in [1.807, 2.05) is 62.4 Å². The van der Waals surface area contributed by atoms with E-state index < -0.39 is 28.5 Å². The first kappa shape index (κ1) is 34.2. The van der Waals surface area contributed by atoms with Crippen molar-refractivity contribution >= 4 is 39.1 Å². The minimum atomic E-state index is -4.15. The Balaban J connectivity index is 1.56. The van der Waals surface area contributed by atoms with Gasteiger partial charge in [-0.15, -0.1) is 0 Å². The predicted molar refractivity (Wildman–Crippen MR) is 188 cm³/mol. The van der Waals surface area contributed by atoms with Crippen molar-refractivity contribution < 1.29 is 18.0 Å². The molecule has 4 aromatic carbocycles. The normalized spacial score (nSPS) is 14.3. The van der Waals surface area contributed by atoms with Gasteiger partial charge in [0.05, 0.1) is 10.6 Å². The van der Waals surface area contributed by atoms with Gasteiger partial charge >= 0.3 is 0 Å². The third-order valence-electron chi connectivity index (χ3n) is 8.88. The molecule has 0 aliphatic heterocycles. The molecule has 0 saturated heterocycles. The van der Waals surface area contributed by atoms with Gasteiger partial charge in [-0.25, -0.2) is 8.42 Å². The van der Waals surface area contributed by atoms with E-state index in [1.54, 1.807) is 42.5 Å². The SMILES string of the molecule is Cc1ccc(N(CC(=O)N(Cc2ccc(Cl)cc2)[C@H](Cc2ccccc2)C(=O)NC2CCCCC2)S(=O)(=O)c2ccccc2)cc1C. The van der Waals surface area contributed by atoms with Gasteiger partial charge in [0.1, 0.15) is 12.6 Å². The first-order valence-electron chi connectivity index (χ1n) is 16.1. The topological polar surface area (TPSA) is 86.8 Å². The summed E-state index contributed by atoms with van der Waals surface area (Å²) in [6, 6.07) is 29.3. The number of hydrogen-bond donors (Lipinski definition) is 1. The van der Waals surface area contributed by atoms with Gasteiger partial charge in [0.25, 0.3) is 10.0 Å². The maximum absolute atomic E-state index is 14.7. The number of halogens is 1. The molecular weight excluding hydrogens is 630 g/mol. The molecule has 7 nitrogen and oxygen atoms in total. The van der Waals surface area contributed by atoms with Crippen LogP contribution in [0.4, 0.5) is 5.69 Å². The summed E-state index contributed by atoms with van der Waals surface area (Å²) in [6.45, 7) is 3.46. The number of nitrogens with zero attached hydrogens (tertiary/aromatic N) is 2. The molecule has 246 valence electrons. The van der Waals surface area contributed by atoms with Crippen molar-refractivity contribution in [3.05, 3.63) is 130 Å². The van der Waals surface area contributed by atoms with Crippen LogP contribution in [-0.4, -0.2) is 43.8 Å². The third-order valence-corrected chi connectivity index (χ3v) is 10.9. The Morgan fingerprint density at radius 2 is 1.45 bits per heavy atom. The molecule has 1 saturated carbocycles. The molecule has 0 aromatic heterocycles. The zero-order chi connectivity index (χ0) is 33.4. The number of aryl methyl sites for hydroxylation is 2. The average Bonchev–Trinajstić information content (AvgIpc) is 3.08. The van der Waals surface area contributed by atoms with E-state index in [0.29, 0.717) is 10.7 Å². The fourth-order valence-electron chi connectivity index (χ4n) is 6.01. The minimum Gasteiger partial charge on any atom is -0.352 e. The predicted octanol–water partition coefficient (Wildman–Crippen LogP) is 7.24. The van der Waals surface area contributed by atoms with Crippen molar-refractivity contribution in [1.29, 1.82) is 0 Å². The van der Waals surface area contributed by atoms with Crippen LogP contribution in [0.15, 0.2) is 108 Å². The van der Waals surface area contributed by atoms with Crippen LogP contribution in [0.25, 0.3) is 0 Å². The number of nitrogens with one attached hydrogen (secondary N) is 1. The highest BCUT2D eigenvalue weighted by molar-refractivity contribution is 7.92. The highest BCUT2D eigenvalue weighted by Gasteiger charge is 2.35. The second kappa shape index (κ2) is 15.6. The fraction of sp³-hybridized carbons (Fsp3) is 0.316. The zero-order valence-corrected chi connectivity index (χ0v) is 28.5. The van der Waals surface area contributed by atoms with Gasteiger partial charge in [-0.05, 0) is 85.3 Å². The van der Waals surface area contributed by atoms with Crippen molar-refractivity contribution in [2.75, 3.05) is 10.8 Å². The van der Waals surface area contributed by atoms with Crippen molar-refractivity contribution in [2.24, 2.45) is 0 Å². The monoisotopic (exact) mass is 671 g/mol. The van der Waals surface area contributed by atoms with Crippen molar-refractivity contribution in [1.82, 2.24) is 10.2 Å². The van der Waals surface area contributed by atoms with E-state index in [-0.39, 0.29) is 29.8 Å². The number of carbonyl (C=O) groups is 2. The Morgan fingerprint density at radius 1 is 0.809 bits per heavy atom. The van der Waals surface area contributed by atoms with Crippen LogP contribution >= 0.6 is 11.6 Å². The average molecular weight is 672 g/mol. The number of carbonyl (C=O) groups excluding carboxylic acids is 2. The summed E-state index contributed by atoms with van der Waals surface area (Å²) in [5.74, 6) is -0.732. The Kier molecular flexibility index (Phi) is 11.4. The Labute approximate surface area is 283 Å². The van der Waals surface area contributed by atoms with Gasteiger partial charge in [-0.2, -0.15) is 0 Å². The Morgan fingerprint density at radius 3 is 2.09 bits per heavy atom. The third kappa shape index (κ3) is 8.82. The molecule has 0 bridgehead atoms. The van der Waals surface area contributed by atoms with Gasteiger partial charge in [0.15, 0.2) is 0 Å². The van der Waals surface area contributed by atoms with E-state index in [4.69, 9.17) is 11.6 Å². The van der Waals surface area contributed by atoms with Gasteiger partial charge in [0.2, 0.25) is 11.8 Å². The summed E-state index contributed by atoms with van der Waals surface area (Å²) in [6.07, 6.45) is 5.29. The molecule has 9 heteroatoms. The molecule has 0 unspecified atom stereocenters. The second-order valence-corrected chi connectivity index (χ2v) is 14.6. The minimum absolute atomic E-state index is 0.0347. The highest BCUT2D eigenvalue weighted by atomic mass is 35.5. The molecule has 4 aromatic rings. The van der Waals surface area contributed by atoms with Crippen LogP contribution < -0.4 is 9.62 Å². The Hall–Kier alpha value is -4.14. The van der Waals surface area contributed by atoms with Crippen molar-refractivity contribution in [2.45, 2.75) is 75.9 Å². The van der Waals surface area contributed by atoms with Crippen molar-refractivity contribution in [3.63, 3.8) is 0 Å². The smallest absolute Gasteiger partial charge is 0.264 e. The molecule has 1 N–H and O–H groups in total. The first-order chi connectivity index (χ1) is 22.6. The summed E-state index contributed by atoms with van der Waals surface area (Å²) in [4.78, 5) is 30.5. The fourth-order valence-corrected chi connectivity index (χ4v) is 7.57. The first-order valence-corrected chi connectivity index (χ1v) is 18.0. The van der Waals surface area contributed by atoms with E-state index in [1.165, 1.54) is 17.0 Å². The largest absolute Gasteiger partial charge is 0.352 e. The number of rotatable bonds is 12. The number of sulfonamides is 1.